The Morgan fingerprint density at radius 3 is 2.69 bits per heavy atom. The molecular formula is C12H21N3S. The predicted molar refractivity (Wildman–Crippen MR) is 68.3 cm³/mol. The molecule has 2 heterocycles. The Hall–Kier alpha value is -0.450. The minimum Gasteiger partial charge on any atom is -0.248 e. The summed E-state index contributed by atoms with van der Waals surface area (Å²) in [6, 6.07) is 1.57. The molecule has 0 aliphatic carbocycles. The Morgan fingerprint density at radius 1 is 1.44 bits per heavy atom. The molecule has 0 spiro atoms. The van der Waals surface area contributed by atoms with Gasteiger partial charge in [0.25, 0.3) is 0 Å². The van der Waals surface area contributed by atoms with Crippen LogP contribution in [-0.2, 0) is 0 Å². The van der Waals surface area contributed by atoms with Crippen LogP contribution in [0.4, 0.5) is 0 Å². The number of hydrogen-bond donors (Lipinski definition) is 1. The summed E-state index contributed by atoms with van der Waals surface area (Å²) in [6.07, 6.45) is 3.94. The second-order valence-corrected chi connectivity index (χ2v) is 5.52. The quantitative estimate of drug-likeness (QED) is 0.879. The Morgan fingerprint density at radius 2 is 2.12 bits per heavy atom. The molecule has 0 radical (unpaired) electrons. The van der Waals surface area contributed by atoms with Crippen molar-refractivity contribution in [1.82, 2.24) is 15.4 Å². The molecule has 0 aromatic carbocycles. The molecular weight excluding hydrogens is 218 g/mol. The van der Waals surface area contributed by atoms with E-state index in [4.69, 9.17) is 0 Å². The van der Waals surface area contributed by atoms with Gasteiger partial charge in [0.05, 0.1) is 17.2 Å². The number of hydrazine groups is 1. The van der Waals surface area contributed by atoms with Gasteiger partial charge < -0.3 is 0 Å². The number of thiazole rings is 1. The largest absolute Gasteiger partial charge is 0.248 e. The van der Waals surface area contributed by atoms with Gasteiger partial charge in [-0.2, -0.15) is 0 Å². The average Bonchev–Trinajstić information content (AvgIpc) is 2.76. The minimum absolute atomic E-state index is 0.314. The van der Waals surface area contributed by atoms with Gasteiger partial charge in [0, 0.05) is 17.5 Å². The van der Waals surface area contributed by atoms with E-state index in [1.807, 2.05) is 5.51 Å². The van der Waals surface area contributed by atoms with Crippen LogP contribution in [0.3, 0.4) is 0 Å². The van der Waals surface area contributed by atoms with Gasteiger partial charge in [0.1, 0.15) is 0 Å². The van der Waals surface area contributed by atoms with Crippen molar-refractivity contribution in [3.05, 3.63) is 16.6 Å². The third kappa shape index (κ3) is 2.62. The number of rotatable bonds is 3. The van der Waals surface area contributed by atoms with Crippen molar-refractivity contribution < 1.29 is 0 Å². The maximum atomic E-state index is 4.36. The second-order valence-electron chi connectivity index (χ2n) is 4.80. The van der Waals surface area contributed by atoms with Crippen molar-refractivity contribution in [3.8, 4) is 0 Å². The molecule has 3 nitrogen and oxygen atoms in total. The van der Waals surface area contributed by atoms with Gasteiger partial charge in [0.15, 0.2) is 0 Å². The molecule has 16 heavy (non-hydrogen) atoms. The van der Waals surface area contributed by atoms with Crippen LogP contribution in [0.5, 0.6) is 0 Å². The van der Waals surface area contributed by atoms with Gasteiger partial charge in [-0.15, -0.1) is 11.3 Å². The molecule has 0 bridgehead atoms. The van der Waals surface area contributed by atoms with E-state index < -0.39 is 0 Å². The van der Waals surface area contributed by atoms with Crippen LogP contribution < -0.4 is 5.43 Å². The van der Waals surface area contributed by atoms with Gasteiger partial charge in [-0.25, -0.2) is 15.4 Å². The Labute approximate surface area is 102 Å². The highest BCUT2D eigenvalue weighted by molar-refractivity contribution is 7.07. The first kappa shape index (κ1) is 12.0. The standard InChI is InChI=1S/C12H21N3S/c1-9-5-4-6-10(2)15(9)14-11(3)12-7-16-8-13-12/h7-11,14H,4-6H2,1-3H3. The molecule has 3 atom stereocenters. The van der Waals surface area contributed by atoms with Crippen LogP contribution in [0.25, 0.3) is 0 Å². The Balaban J connectivity index is 1.97. The molecule has 3 unspecified atom stereocenters. The molecule has 1 aliphatic rings. The van der Waals surface area contributed by atoms with Gasteiger partial charge in [-0.05, 0) is 33.6 Å². The molecule has 1 aromatic rings. The van der Waals surface area contributed by atoms with Crippen molar-refractivity contribution in [3.63, 3.8) is 0 Å². The van der Waals surface area contributed by atoms with Crippen molar-refractivity contribution in [1.29, 1.82) is 0 Å². The summed E-state index contributed by atoms with van der Waals surface area (Å²) < 4.78 is 0. The number of piperidine rings is 1. The summed E-state index contributed by atoms with van der Waals surface area (Å²) in [5.41, 5.74) is 6.65. The van der Waals surface area contributed by atoms with Crippen LogP contribution in [0.1, 0.15) is 51.8 Å². The molecule has 1 fully saturated rings. The Kier molecular flexibility index (Phi) is 3.95. The Bertz CT molecular complexity index is 302. The molecule has 1 aliphatic heterocycles. The monoisotopic (exact) mass is 239 g/mol. The van der Waals surface area contributed by atoms with Gasteiger partial charge in [-0.1, -0.05) is 6.42 Å². The molecule has 1 aromatic heterocycles. The maximum absolute atomic E-state index is 4.36. The molecule has 1 N–H and O–H groups in total. The highest BCUT2D eigenvalue weighted by atomic mass is 32.1. The zero-order chi connectivity index (χ0) is 11.5. The van der Waals surface area contributed by atoms with Crippen molar-refractivity contribution >= 4 is 11.3 Å². The summed E-state index contributed by atoms with van der Waals surface area (Å²) in [7, 11) is 0. The van der Waals surface area contributed by atoms with Crippen LogP contribution in [0, 0.1) is 0 Å². The normalized spacial score (nSPS) is 29.2. The van der Waals surface area contributed by atoms with E-state index >= 15 is 0 Å². The number of nitrogens with one attached hydrogen (secondary N) is 1. The third-order valence-corrected chi connectivity index (χ3v) is 4.04. The molecule has 4 heteroatoms. The van der Waals surface area contributed by atoms with Crippen molar-refractivity contribution in [2.45, 2.75) is 58.2 Å². The number of hydrogen-bond acceptors (Lipinski definition) is 4. The zero-order valence-corrected chi connectivity index (χ0v) is 11.1. The fourth-order valence-corrected chi connectivity index (χ4v) is 3.05. The van der Waals surface area contributed by atoms with E-state index in [1.165, 1.54) is 19.3 Å². The first-order valence-corrected chi connectivity index (χ1v) is 7.05. The third-order valence-electron chi connectivity index (χ3n) is 3.43. The average molecular weight is 239 g/mol. The lowest BCUT2D eigenvalue weighted by atomic mass is 10.00. The SMILES string of the molecule is CC(NN1C(C)CCCC1C)c1cscn1. The van der Waals surface area contributed by atoms with Crippen LogP contribution in [-0.4, -0.2) is 22.1 Å². The molecule has 0 amide bonds. The van der Waals surface area contributed by atoms with Gasteiger partial charge in [0.2, 0.25) is 0 Å². The second kappa shape index (κ2) is 5.25. The van der Waals surface area contributed by atoms with Gasteiger partial charge >= 0.3 is 0 Å². The van der Waals surface area contributed by atoms with E-state index in [0.29, 0.717) is 18.1 Å². The predicted octanol–water partition coefficient (Wildman–Crippen LogP) is 2.97. The maximum Gasteiger partial charge on any atom is 0.0795 e. The molecule has 2 rings (SSSR count). The van der Waals surface area contributed by atoms with E-state index in [0.717, 1.165) is 5.69 Å². The fourth-order valence-electron chi connectivity index (χ4n) is 2.40. The summed E-state index contributed by atoms with van der Waals surface area (Å²) in [5.74, 6) is 0. The number of aromatic nitrogens is 1. The van der Waals surface area contributed by atoms with Crippen LogP contribution in [0.2, 0.25) is 0 Å². The summed E-state index contributed by atoms with van der Waals surface area (Å²) in [6.45, 7) is 6.79. The first-order valence-electron chi connectivity index (χ1n) is 6.11. The fraction of sp³-hybridized carbons (Fsp3) is 0.750. The van der Waals surface area contributed by atoms with Gasteiger partial charge in [-0.3, -0.25) is 0 Å². The van der Waals surface area contributed by atoms with Crippen LogP contribution in [0.15, 0.2) is 10.9 Å². The van der Waals surface area contributed by atoms with E-state index in [-0.39, 0.29) is 0 Å². The highest BCUT2D eigenvalue weighted by Crippen LogP contribution is 2.23. The zero-order valence-electron chi connectivity index (χ0n) is 10.3. The molecule has 90 valence electrons. The minimum atomic E-state index is 0.314. The van der Waals surface area contributed by atoms with E-state index in [9.17, 15) is 0 Å². The summed E-state index contributed by atoms with van der Waals surface area (Å²) in [4.78, 5) is 4.36. The van der Waals surface area contributed by atoms with Crippen molar-refractivity contribution in [2.24, 2.45) is 0 Å². The lowest BCUT2D eigenvalue weighted by Gasteiger charge is -2.40. The van der Waals surface area contributed by atoms with E-state index in [1.54, 1.807) is 11.3 Å². The van der Waals surface area contributed by atoms with Crippen LogP contribution >= 0.6 is 11.3 Å². The smallest absolute Gasteiger partial charge is 0.0795 e. The van der Waals surface area contributed by atoms with E-state index in [2.05, 4.69) is 41.6 Å². The van der Waals surface area contributed by atoms with Crippen molar-refractivity contribution in [2.75, 3.05) is 0 Å². The molecule has 1 saturated heterocycles. The molecule has 0 saturated carbocycles. The topological polar surface area (TPSA) is 28.2 Å². The lowest BCUT2D eigenvalue weighted by Crippen LogP contribution is -2.52. The highest BCUT2D eigenvalue weighted by Gasteiger charge is 2.26. The summed E-state index contributed by atoms with van der Waals surface area (Å²) in [5, 5.41) is 4.53. The lowest BCUT2D eigenvalue weighted by molar-refractivity contribution is 0.0315. The first-order chi connectivity index (χ1) is 7.68. The number of nitrogens with zero attached hydrogens (tertiary/aromatic N) is 2. The summed E-state index contributed by atoms with van der Waals surface area (Å²) >= 11 is 1.66.